The monoisotopic (exact) mass is 480 g/mol. The van der Waals surface area contributed by atoms with E-state index in [-0.39, 0.29) is 24.0 Å². The topological polar surface area (TPSA) is 48.9 Å². The van der Waals surface area contributed by atoms with Crippen LogP contribution in [0.1, 0.15) is 71.6 Å². The minimum Gasteiger partial charge on any atom is -0.378 e. The number of nitrogens with zero attached hydrogens (tertiary/aromatic N) is 2. The Labute approximate surface area is 178 Å². The molecule has 0 spiro atoms. The first-order chi connectivity index (χ1) is 12.3. The number of halogens is 1. The molecule has 0 radical (unpaired) electrons. The summed E-state index contributed by atoms with van der Waals surface area (Å²) < 4.78 is 5.99. The van der Waals surface area contributed by atoms with Gasteiger partial charge in [-0.1, -0.05) is 26.2 Å². The van der Waals surface area contributed by atoms with Crippen LogP contribution in [-0.2, 0) is 4.74 Å². The van der Waals surface area contributed by atoms with Crippen molar-refractivity contribution in [3.63, 3.8) is 0 Å². The standard InChI is InChI=1S/C20H40N4O.HI/c1-3-14-24-15-11-18(12-16-24)23-20(21-4-2)22-13-8-17-25-19-9-6-5-7-10-19;/h18-19H,3-17H2,1-2H3,(H2,21,22,23);1H. The predicted octanol–water partition coefficient (Wildman–Crippen LogP) is 3.77. The number of nitrogens with one attached hydrogen (secondary N) is 2. The normalized spacial score (nSPS) is 20.6. The fraction of sp³-hybridized carbons (Fsp3) is 0.950. The lowest BCUT2D eigenvalue weighted by Crippen LogP contribution is -2.48. The Kier molecular flexibility index (Phi) is 13.7. The maximum Gasteiger partial charge on any atom is 0.191 e. The van der Waals surface area contributed by atoms with Crippen LogP contribution in [0.5, 0.6) is 0 Å². The third-order valence-electron chi connectivity index (χ3n) is 5.29. The zero-order chi connectivity index (χ0) is 17.7. The summed E-state index contributed by atoms with van der Waals surface area (Å²) in [6.07, 6.45) is 11.8. The SMILES string of the molecule is CCCN1CCC(NC(=NCCCOC2CCCCC2)NCC)CC1.I. The molecule has 1 saturated carbocycles. The van der Waals surface area contributed by atoms with E-state index in [1.807, 2.05) is 0 Å². The predicted molar refractivity (Wildman–Crippen MR) is 122 cm³/mol. The molecule has 26 heavy (non-hydrogen) atoms. The Morgan fingerprint density at radius 1 is 1.08 bits per heavy atom. The molecule has 0 unspecified atom stereocenters. The van der Waals surface area contributed by atoms with E-state index in [1.165, 1.54) is 71.0 Å². The zero-order valence-electron chi connectivity index (χ0n) is 17.0. The highest BCUT2D eigenvalue weighted by Crippen LogP contribution is 2.20. The summed E-state index contributed by atoms with van der Waals surface area (Å²) in [5.74, 6) is 0.981. The van der Waals surface area contributed by atoms with Crippen LogP contribution < -0.4 is 10.6 Å². The molecule has 0 aromatic rings. The second-order valence-electron chi connectivity index (χ2n) is 7.51. The van der Waals surface area contributed by atoms with E-state index < -0.39 is 0 Å². The summed E-state index contributed by atoms with van der Waals surface area (Å²) in [6, 6.07) is 0.560. The lowest BCUT2D eigenvalue weighted by atomic mass is 9.98. The van der Waals surface area contributed by atoms with Crippen LogP contribution in [0.3, 0.4) is 0 Å². The van der Waals surface area contributed by atoms with Gasteiger partial charge in [0.1, 0.15) is 0 Å². The molecule has 0 amide bonds. The highest BCUT2D eigenvalue weighted by Gasteiger charge is 2.19. The number of rotatable bonds is 9. The van der Waals surface area contributed by atoms with E-state index >= 15 is 0 Å². The molecular weight excluding hydrogens is 439 g/mol. The van der Waals surface area contributed by atoms with Crippen molar-refractivity contribution < 1.29 is 4.74 Å². The molecule has 0 aromatic carbocycles. The van der Waals surface area contributed by atoms with Gasteiger partial charge in [-0.2, -0.15) is 0 Å². The highest BCUT2D eigenvalue weighted by molar-refractivity contribution is 14.0. The first-order valence-corrected chi connectivity index (χ1v) is 10.7. The smallest absolute Gasteiger partial charge is 0.191 e. The maximum atomic E-state index is 5.99. The number of guanidine groups is 1. The van der Waals surface area contributed by atoms with Gasteiger partial charge in [-0.15, -0.1) is 24.0 Å². The molecule has 1 heterocycles. The third-order valence-corrected chi connectivity index (χ3v) is 5.29. The number of ether oxygens (including phenoxy) is 1. The van der Waals surface area contributed by atoms with E-state index in [2.05, 4.69) is 29.4 Å². The second kappa shape index (κ2) is 14.9. The Morgan fingerprint density at radius 3 is 2.46 bits per heavy atom. The Balaban J connectivity index is 0.00000338. The van der Waals surface area contributed by atoms with Gasteiger partial charge < -0.3 is 20.3 Å². The molecule has 2 N–H and O–H groups in total. The average molecular weight is 480 g/mol. The molecule has 0 aromatic heterocycles. The summed E-state index contributed by atoms with van der Waals surface area (Å²) in [5, 5.41) is 7.02. The minimum atomic E-state index is 0. The fourth-order valence-electron chi connectivity index (χ4n) is 3.87. The van der Waals surface area contributed by atoms with Crippen molar-refractivity contribution in [3.8, 4) is 0 Å². The van der Waals surface area contributed by atoms with Crippen LogP contribution in [-0.4, -0.2) is 62.3 Å². The van der Waals surface area contributed by atoms with Crippen molar-refractivity contribution in [2.24, 2.45) is 4.99 Å². The molecule has 0 bridgehead atoms. The van der Waals surface area contributed by atoms with E-state index in [9.17, 15) is 0 Å². The van der Waals surface area contributed by atoms with Gasteiger partial charge in [0.25, 0.3) is 0 Å². The van der Waals surface area contributed by atoms with Crippen LogP contribution in [0.2, 0.25) is 0 Å². The van der Waals surface area contributed by atoms with Gasteiger partial charge in [0.05, 0.1) is 6.10 Å². The quantitative estimate of drug-likeness (QED) is 0.228. The second-order valence-corrected chi connectivity index (χ2v) is 7.51. The van der Waals surface area contributed by atoms with E-state index in [0.717, 1.165) is 32.1 Å². The first kappa shape index (κ1) is 24.0. The molecule has 1 aliphatic carbocycles. The molecule has 5 nitrogen and oxygen atoms in total. The molecular formula is C20H41IN4O. The number of piperidine rings is 1. The molecule has 2 fully saturated rings. The average Bonchev–Trinajstić information content (AvgIpc) is 2.64. The number of hydrogen-bond acceptors (Lipinski definition) is 3. The maximum absolute atomic E-state index is 5.99. The van der Waals surface area contributed by atoms with Crippen molar-refractivity contribution in [1.82, 2.24) is 15.5 Å². The summed E-state index contributed by atoms with van der Waals surface area (Å²) in [6.45, 7) is 10.7. The Hall–Kier alpha value is -0.0800. The fourth-order valence-corrected chi connectivity index (χ4v) is 3.87. The molecule has 154 valence electrons. The van der Waals surface area contributed by atoms with E-state index in [4.69, 9.17) is 9.73 Å². The lowest BCUT2D eigenvalue weighted by molar-refractivity contribution is 0.0281. The van der Waals surface area contributed by atoms with Crippen LogP contribution in [0.15, 0.2) is 4.99 Å². The summed E-state index contributed by atoms with van der Waals surface area (Å²) in [5.41, 5.74) is 0. The van der Waals surface area contributed by atoms with Gasteiger partial charge in [-0.25, -0.2) is 0 Å². The number of likely N-dealkylation sites (tertiary alicyclic amines) is 1. The zero-order valence-corrected chi connectivity index (χ0v) is 19.3. The minimum absolute atomic E-state index is 0. The Bertz CT molecular complexity index is 367. The van der Waals surface area contributed by atoms with Crippen LogP contribution in [0.4, 0.5) is 0 Å². The van der Waals surface area contributed by atoms with Gasteiger partial charge in [0.2, 0.25) is 0 Å². The van der Waals surface area contributed by atoms with Crippen LogP contribution in [0.25, 0.3) is 0 Å². The first-order valence-electron chi connectivity index (χ1n) is 10.7. The van der Waals surface area contributed by atoms with Gasteiger partial charge in [0.15, 0.2) is 5.96 Å². The molecule has 2 aliphatic rings. The van der Waals surface area contributed by atoms with Crippen molar-refractivity contribution in [1.29, 1.82) is 0 Å². The molecule has 1 aliphatic heterocycles. The van der Waals surface area contributed by atoms with Gasteiger partial charge in [-0.3, -0.25) is 4.99 Å². The van der Waals surface area contributed by atoms with Crippen molar-refractivity contribution >= 4 is 29.9 Å². The summed E-state index contributed by atoms with van der Waals surface area (Å²) in [7, 11) is 0. The van der Waals surface area contributed by atoms with Crippen molar-refractivity contribution in [3.05, 3.63) is 0 Å². The highest BCUT2D eigenvalue weighted by atomic mass is 127. The molecule has 1 saturated heterocycles. The van der Waals surface area contributed by atoms with Crippen LogP contribution in [0, 0.1) is 0 Å². The van der Waals surface area contributed by atoms with Crippen molar-refractivity contribution in [2.45, 2.75) is 83.8 Å². The number of hydrogen-bond donors (Lipinski definition) is 2. The van der Waals surface area contributed by atoms with Gasteiger partial charge >= 0.3 is 0 Å². The van der Waals surface area contributed by atoms with E-state index in [1.54, 1.807) is 0 Å². The summed E-state index contributed by atoms with van der Waals surface area (Å²) in [4.78, 5) is 7.32. The Morgan fingerprint density at radius 2 is 1.81 bits per heavy atom. The molecule has 0 atom stereocenters. The molecule has 6 heteroatoms. The van der Waals surface area contributed by atoms with E-state index in [0.29, 0.717) is 12.1 Å². The number of aliphatic imine (C=N–C) groups is 1. The van der Waals surface area contributed by atoms with Crippen LogP contribution >= 0.6 is 24.0 Å². The molecule has 2 rings (SSSR count). The third kappa shape index (κ3) is 9.74. The summed E-state index contributed by atoms with van der Waals surface area (Å²) >= 11 is 0. The largest absolute Gasteiger partial charge is 0.378 e. The lowest BCUT2D eigenvalue weighted by Gasteiger charge is -2.32. The van der Waals surface area contributed by atoms with Gasteiger partial charge in [-0.05, 0) is 52.0 Å². The van der Waals surface area contributed by atoms with Crippen molar-refractivity contribution in [2.75, 3.05) is 39.3 Å². The van der Waals surface area contributed by atoms with Gasteiger partial charge in [0, 0.05) is 38.8 Å².